The van der Waals surface area contributed by atoms with Crippen molar-refractivity contribution in [1.29, 1.82) is 0 Å². The van der Waals surface area contributed by atoms with Gasteiger partial charge in [-0.3, -0.25) is 0 Å². The lowest BCUT2D eigenvalue weighted by atomic mass is 10.1. The summed E-state index contributed by atoms with van der Waals surface area (Å²) in [5.74, 6) is 0.842. The van der Waals surface area contributed by atoms with Crippen molar-refractivity contribution >= 4 is 28.7 Å². The van der Waals surface area contributed by atoms with E-state index in [9.17, 15) is 0 Å². The van der Waals surface area contributed by atoms with E-state index in [0.29, 0.717) is 0 Å². The van der Waals surface area contributed by atoms with Crippen molar-refractivity contribution in [2.45, 2.75) is 17.8 Å². The molecule has 1 heterocycles. The highest BCUT2D eigenvalue weighted by Crippen LogP contribution is 2.22. The van der Waals surface area contributed by atoms with Crippen molar-refractivity contribution in [3.63, 3.8) is 0 Å². The number of hydrogen-bond donors (Lipinski definition) is 0. The second-order valence-electron chi connectivity index (χ2n) is 5.99. The van der Waals surface area contributed by atoms with E-state index in [-0.39, 0.29) is 0 Å². The molecule has 0 unspecified atom stereocenters. The Morgan fingerprint density at radius 3 is 2.73 bits per heavy atom. The fraction of sp³-hybridized carbons (Fsp3) is 0.0952. The molecule has 0 fully saturated rings. The lowest BCUT2D eigenvalue weighted by Crippen LogP contribution is -1.94. The van der Waals surface area contributed by atoms with Crippen LogP contribution in [0.4, 0.5) is 0 Å². The van der Waals surface area contributed by atoms with Gasteiger partial charge < -0.3 is 0 Å². The molecule has 4 aromatic rings. The average molecular weight is 358 g/mol. The highest BCUT2D eigenvalue weighted by molar-refractivity contribution is 7.98. The molecule has 0 saturated carbocycles. The molecule has 0 aliphatic carbocycles. The fourth-order valence-electron chi connectivity index (χ4n) is 2.80. The first-order chi connectivity index (χ1) is 12.8. The van der Waals surface area contributed by atoms with Crippen molar-refractivity contribution in [3.8, 4) is 0 Å². The maximum Gasteiger partial charge on any atom is 0.212 e. The summed E-state index contributed by atoms with van der Waals surface area (Å²) in [5.41, 5.74) is 3.65. The van der Waals surface area contributed by atoms with E-state index in [1.165, 1.54) is 21.9 Å². The second kappa shape index (κ2) is 7.54. The minimum Gasteiger partial charge on any atom is -0.195 e. The number of benzene rings is 3. The number of nitrogens with zero attached hydrogens (tertiary/aromatic N) is 4. The van der Waals surface area contributed by atoms with E-state index >= 15 is 0 Å². The summed E-state index contributed by atoms with van der Waals surface area (Å²) >= 11 is 1.64. The second-order valence-corrected chi connectivity index (χ2v) is 6.93. The van der Waals surface area contributed by atoms with Gasteiger partial charge in [0.15, 0.2) is 0 Å². The van der Waals surface area contributed by atoms with Crippen LogP contribution in [0.2, 0.25) is 0 Å². The van der Waals surface area contributed by atoms with Gasteiger partial charge in [-0.25, -0.2) is 0 Å². The fourth-order valence-corrected chi connectivity index (χ4v) is 3.74. The van der Waals surface area contributed by atoms with Gasteiger partial charge in [0.25, 0.3) is 0 Å². The van der Waals surface area contributed by atoms with Gasteiger partial charge in [-0.2, -0.15) is 9.78 Å². The van der Waals surface area contributed by atoms with Crippen LogP contribution in [0.1, 0.15) is 16.7 Å². The summed E-state index contributed by atoms with van der Waals surface area (Å²) in [4.78, 5) is 0. The van der Waals surface area contributed by atoms with Crippen molar-refractivity contribution in [1.82, 2.24) is 14.9 Å². The molecule has 4 nitrogen and oxygen atoms in total. The predicted molar refractivity (Wildman–Crippen MR) is 108 cm³/mol. The standard InChI is InChI=1S/C21H18N4S/c1-16-7-2-3-9-19(16)14-26-21-24-22-15-25(21)23-13-18-11-6-10-17-8-4-5-12-20(17)18/h2-13,15H,14H2,1H3/b23-13+. The average Bonchev–Trinajstić information content (AvgIpc) is 3.13. The number of aryl methyl sites for hydroxylation is 1. The number of hydrogen-bond acceptors (Lipinski definition) is 4. The molecule has 0 bridgehead atoms. The quantitative estimate of drug-likeness (QED) is 0.376. The molecule has 26 heavy (non-hydrogen) atoms. The number of rotatable bonds is 5. The van der Waals surface area contributed by atoms with Crippen molar-refractivity contribution < 1.29 is 0 Å². The molecule has 4 rings (SSSR count). The third-order valence-electron chi connectivity index (χ3n) is 4.26. The highest BCUT2D eigenvalue weighted by Gasteiger charge is 2.06. The third kappa shape index (κ3) is 3.53. The van der Waals surface area contributed by atoms with Gasteiger partial charge in [-0.15, -0.1) is 10.2 Å². The summed E-state index contributed by atoms with van der Waals surface area (Å²) < 4.78 is 1.73. The van der Waals surface area contributed by atoms with E-state index in [2.05, 4.69) is 70.8 Å². The number of thioether (sulfide) groups is 1. The topological polar surface area (TPSA) is 43.1 Å². The monoisotopic (exact) mass is 358 g/mol. The van der Waals surface area contributed by atoms with Crippen LogP contribution in [0, 0.1) is 6.92 Å². The molecule has 0 saturated heterocycles. The van der Waals surface area contributed by atoms with Crippen LogP contribution >= 0.6 is 11.8 Å². The van der Waals surface area contributed by atoms with Crippen LogP contribution in [0.5, 0.6) is 0 Å². The lowest BCUT2D eigenvalue weighted by molar-refractivity contribution is 0.767. The van der Waals surface area contributed by atoms with Gasteiger partial charge in [-0.05, 0) is 28.8 Å². The van der Waals surface area contributed by atoms with Crippen LogP contribution < -0.4 is 0 Å². The molecule has 0 spiro atoms. The summed E-state index contributed by atoms with van der Waals surface area (Å²) in [7, 11) is 0. The zero-order valence-electron chi connectivity index (χ0n) is 14.4. The Kier molecular flexibility index (Phi) is 4.80. The smallest absolute Gasteiger partial charge is 0.195 e. The predicted octanol–water partition coefficient (Wildman–Crippen LogP) is 4.91. The Labute approximate surface area is 156 Å². The van der Waals surface area contributed by atoms with Gasteiger partial charge in [0.1, 0.15) is 6.33 Å². The van der Waals surface area contributed by atoms with Gasteiger partial charge >= 0.3 is 0 Å². The molecule has 0 N–H and O–H groups in total. The van der Waals surface area contributed by atoms with Crippen molar-refractivity contribution in [3.05, 3.63) is 89.7 Å². The van der Waals surface area contributed by atoms with Crippen LogP contribution in [-0.4, -0.2) is 21.1 Å². The Hall–Kier alpha value is -2.92. The van der Waals surface area contributed by atoms with Crippen LogP contribution in [0.15, 0.2) is 83.3 Å². The molecule has 1 aromatic heterocycles. The first-order valence-corrected chi connectivity index (χ1v) is 9.39. The van der Waals surface area contributed by atoms with Crippen LogP contribution in [0.3, 0.4) is 0 Å². The van der Waals surface area contributed by atoms with E-state index in [1.807, 2.05) is 24.4 Å². The largest absolute Gasteiger partial charge is 0.212 e. The summed E-state index contributed by atoms with van der Waals surface area (Å²) in [5, 5.41) is 15.9. The molecule has 0 atom stereocenters. The van der Waals surface area contributed by atoms with E-state index in [4.69, 9.17) is 0 Å². The zero-order chi connectivity index (χ0) is 17.8. The molecule has 0 aliphatic heterocycles. The maximum atomic E-state index is 4.57. The maximum absolute atomic E-state index is 4.57. The minimum atomic E-state index is 0.782. The van der Waals surface area contributed by atoms with Gasteiger partial charge in [0.2, 0.25) is 5.16 Å². The number of aromatic nitrogens is 3. The molecule has 0 aliphatic rings. The van der Waals surface area contributed by atoms with Gasteiger partial charge in [0, 0.05) is 11.3 Å². The van der Waals surface area contributed by atoms with Gasteiger partial charge in [0.05, 0.1) is 6.21 Å². The first kappa shape index (κ1) is 16.5. The van der Waals surface area contributed by atoms with Crippen molar-refractivity contribution in [2.75, 3.05) is 0 Å². The molecule has 128 valence electrons. The van der Waals surface area contributed by atoms with Crippen LogP contribution in [0.25, 0.3) is 10.8 Å². The summed E-state index contributed by atoms with van der Waals surface area (Å²) in [6.07, 6.45) is 3.51. The zero-order valence-corrected chi connectivity index (χ0v) is 15.2. The molecule has 0 radical (unpaired) electrons. The molecule has 5 heteroatoms. The minimum absolute atomic E-state index is 0.782. The Balaban J connectivity index is 1.55. The van der Waals surface area contributed by atoms with Crippen molar-refractivity contribution in [2.24, 2.45) is 5.10 Å². The normalized spacial score (nSPS) is 11.4. The Morgan fingerprint density at radius 2 is 1.81 bits per heavy atom. The molecule has 0 amide bonds. The first-order valence-electron chi connectivity index (χ1n) is 8.41. The van der Waals surface area contributed by atoms with Gasteiger partial charge in [-0.1, -0.05) is 78.5 Å². The highest BCUT2D eigenvalue weighted by atomic mass is 32.2. The van der Waals surface area contributed by atoms with E-state index in [1.54, 1.807) is 22.8 Å². The Bertz CT molecular complexity index is 1060. The third-order valence-corrected chi connectivity index (χ3v) is 5.25. The van der Waals surface area contributed by atoms with Crippen LogP contribution in [-0.2, 0) is 5.75 Å². The summed E-state index contributed by atoms with van der Waals surface area (Å²) in [6, 6.07) is 22.9. The Morgan fingerprint density at radius 1 is 1.00 bits per heavy atom. The summed E-state index contributed by atoms with van der Waals surface area (Å²) in [6.45, 7) is 2.12. The number of fused-ring (bicyclic) bond motifs is 1. The van der Waals surface area contributed by atoms with E-state index in [0.717, 1.165) is 16.5 Å². The van der Waals surface area contributed by atoms with E-state index < -0.39 is 0 Å². The molecular weight excluding hydrogens is 340 g/mol. The molecule has 3 aromatic carbocycles. The molecular formula is C21H18N4S. The lowest BCUT2D eigenvalue weighted by Gasteiger charge is -2.05. The SMILES string of the molecule is Cc1ccccc1CSc1nncn1/N=C/c1cccc2ccccc12.